The Kier molecular flexibility index (Phi) is 6.76. The first kappa shape index (κ1) is 18.3. The molecule has 2 fully saturated rings. The van der Waals surface area contributed by atoms with Crippen LogP contribution in [0.2, 0.25) is 0 Å². The maximum absolute atomic E-state index is 3.95. The van der Waals surface area contributed by atoms with Gasteiger partial charge < -0.3 is 5.32 Å². The van der Waals surface area contributed by atoms with E-state index in [4.69, 9.17) is 0 Å². The van der Waals surface area contributed by atoms with Crippen LogP contribution in [0.3, 0.4) is 0 Å². The van der Waals surface area contributed by atoms with Crippen LogP contribution in [0.1, 0.15) is 79.6 Å². The van der Waals surface area contributed by atoms with E-state index in [2.05, 4.69) is 44.8 Å². The molecule has 1 saturated carbocycles. The van der Waals surface area contributed by atoms with Crippen LogP contribution < -0.4 is 5.32 Å². The Morgan fingerprint density at radius 1 is 1.00 bits per heavy atom. The van der Waals surface area contributed by atoms with E-state index >= 15 is 0 Å². The summed E-state index contributed by atoms with van der Waals surface area (Å²) in [7, 11) is 0. The van der Waals surface area contributed by atoms with E-state index in [0.29, 0.717) is 17.5 Å². The van der Waals surface area contributed by atoms with E-state index in [1.54, 1.807) is 0 Å². The second-order valence-electron chi connectivity index (χ2n) is 9.52. The van der Waals surface area contributed by atoms with Crippen molar-refractivity contribution in [3.63, 3.8) is 0 Å². The van der Waals surface area contributed by atoms with E-state index in [0.717, 1.165) is 11.8 Å². The summed E-state index contributed by atoms with van der Waals surface area (Å²) < 4.78 is 0. The van der Waals surface area contributed by atoms with Crippen molar-refractivity contribution >= 4 is 0 Å². The van der Waals surface area contributed by atoms with Crippen molar-refractivity contribution in [2.45, 2.75) is 91.6 Å². The lowest BCUT2D eigenvalue weighted by Gasteiger charge is -2.42. The smallest absolute Gasteiger partial charge is 0.0198 e. The lowest BCUT2D eigenvalue weighted by molar-refractivity contribution is 0.0878. The first-order valence-corrected chi connectivity index (χ1v) is 9.81. The molecule has 0 aromatic rings. The minimum absolute atomic E-state index is 0.457. The molecule has 2 rings (SSSR count). The Hall–Kier alpha value is -0.0800. The third kappa shape index (κ3) is 6.20. The molecule has 130 valence electrons. The molecule has 1 heterocycles. The zero-order valence-electron chi connectivity index (χ0n) is 15.8. The Labute approximate surface area is 139 Å². The van der Waals surface area contributed by atoms with Crippen LogP contribution in [0.25, 0.3) is 0 Å². The predicted molar refractivity (Wildman–Crippen MR) is 97.3 cm³/mol. The van der Waals surface area contributed by atoms with Gasteiger partial charge in [0.1, 0.15) is 0 Å². The molecule has 1 aliphatic heterocycles. The number of hydrogen-bond acceptors (Lipinski definition) is 2. The molecule has 0 aromatic heterocycles. The highest BCUT2D eigenvalue weighted by atomic mass is 15.2. The van der Waals surface area contributed by atoms with Crippen molar-refractivity contribution in [3.8, 4) is 0 Å². The Balaban J connectivity index is 1.85. The molecule has 22 heavy (non-hydrogen) atoms. The molecule has 1 aliphatic carbocycles. The second kappa shape index (κ2) is 8.15. The lowest BCUT2D eigenvalue weighted by Crippen LogP contribution is -2.52. The molecule has 0 aromatic carbocycles. The maximum atomic E-state index is 3.95. The van der Waals surface area contributed by atoms with Crippen LogP contribution in [0, 0.1) is 17.3 Å². The summed E-state index contributed by atoms with van der Waals surface area (Å²) in [6.45, 7) is 15.7. The van der Waals surface area contributed by atoms with Crippen LogP contribution >= 0.6 is 0 Å². The first-order valence-electron chi connectivity index (χ1n) is 9.81. The summed E-state index contributed by atoms with van der Waals surface area (Å²) in [6, 6.07) is 1.40. The van der Waals surface area contributed by atoms with E-state index < -0.39 is 0 Å². The van der Waals surface area contributed by atoms with Gasteiger partial charge >= 0.3 is 0 Å². The van der Waals surface area contributed by atoms with Gasteiger partial charge in [-0.1, -0.05) is 40.0 Å². The van der Waals surface area contributed by atoms with Gasteiger partial charge in [0.2, 0.25) is 0 Å². The van der Waals surface area contributed by atoms with Crippen LogP contribution in [0.15, 0.2) is 0 Å². The van der Waals surface area contributed by atoms with Crippen molar-refractivity contribution in [1.82, 2.24) is 10.2 Å². The molecular weight excluding hydrogens is 268 g/mol. The average Bonchev–Trinajstić information content (AvgIpc) is 2.44. The summed E-state index contributed by atoms with van der Waals surface area (Å²) in [4.78, 5) is 2.71. The predicted octanol–water partition coefficient (Wildman–Crippen LogP) is 4.69. The quantitative estimate of drug-likeness (QED) is 0.792. The topological polar surface area (TPSA) is 15.3 Å². The molecule has 0 bridgehead atoms. The normalized spacial score (nSPS) is 29.2. The standard InChI is InChI=1S/C20H40N2/c1-16(2)22-14-18(12-20(3,4)5)11-19(15-22)21-13-17-9-7-6-8-10-17/h16-19,21H,6-15H2,1-5H3. The fourth-order valence-corrected chi connectivity index (χ4v) is 4.55. The fraction of sp³-hybridized carbons (Fsp3) is 1.00. The minimum atomic E-state index is 0.457. The third-order valence-corrected chi connectivity index (χ3v) is 5.62. The second-order valence-corrected chi connectivity index (χ2v) is 9.52. The van der Waals surface area contributed by atoms with Gasteiger partial charge in [-0.15, -0.1) is 0 Å². The van der Waals surface area contributed by atoms with Crippen LogP contribution in [-0.4, -0.2) is 36.6 Å². The highest BCUT2D eigenvalue weighted by Crippen LogP contribution is 2.31. The van der Waals surface area contributed by atoms with Gasteiger partial charge in [0, 0.05) is 25.2 Å². The van der Waals surface area contributed by atoms with Crippen LogP contribution in [-0.2, 0) is 0 Å². The largest absolute Gasteiger partial charge is 0.312 e. The number of piperidine rings is 1. The molecule has 1 N–H and O–H groups in total. The van der Waals surface area contributed by atoms with Crippen molar-refractivity contribution in [2.24, 2.45) is 17.3 Å². The fourth-order valence-electron chi connectivity index (χ4n) is 4.55. The molecule has 1 saturated heterocycles. The lowest BCUT2D eigenvalue weighted by atomic mass is 9.79. The Morgan fingerprint density at radius 2 is 1.68 bits per heavy atom. The number of hydrogen-bond donors (Lipinski definition) is 1. The Bertz CT molecular complexity index is 312. The van der Waals surface area contributed by atoms with Gasteiger partial charge in [0.25, 0.3) is 0 Å². The molecule has 2 aliphatic rings. The summed E-state index contributed by atoms with van der Waals surface area (Å²) in [5, 5.41) is 3.95. The van der Waals surface area contributed by atoms with E-state index in [9.17, 15) is 0 Å². The number of nitrogens with zero attached hydrogens (tertiary/aromatic N) is 1. The van der Waals surface area contributed by atoms with Crippen molar-refractivity contribution in [3.05, 3.63) is 0 Å². The summed E-state index contributed by atoms with van der Waals surface area (Å²) >= 11 is 0. The maximum Gasteiger partial charge on any atom is 0.0198 e. The molecular formula is C20H40N2. The van der Waals surface area contributed by atoms with E-state index in [1.807, 2.05) is 0 Å². The Morgan fingerprint density at radius 3 is 2.27 bits per heavy atom. The summed E-state index contributed by atoms with van der Waals surface area (Å²) in [5.41, 5.74) is 0.457. The van der Waals surface area contributed by atoms with E-state index in [-0.39, 0.29) is 0 Å². The highest BCUT2D eigenvalue weighted by Gasteiger charge is 2.31. The zero-order valence-corrected chi connectivity index (χ0v) is 15.8. The SMILES string of the molecule is CC(C)N1CC(CC(C)(C)C)CC(NCC2CCCCC2)C1. The van der Waals surface area contributed by atoms with Crippen molar-refractivity contribution < 1.29 is 0 Å². The third-order valence-electron chi connectivity index (χ3n) is 5.62. The molecule has 2 nitrogen and oxygen atoms in total. The molecule has 2 heteroatoms. The molecule has 0 radical (unpaired) electrons. The monoisotopic (exact) mass is 308 g/mol. The van der Waals surface area contributed by atoms with Crippen LogP contribution in [0.4, 0.5) is 0 Å². The molecule has 2 unspecified atom stereocenters. The summed E-state index contributed by atoms with van der Waals surface area (Å²) in [5.74, 6) is 1.81. The zero-order chi connectivity index (χ0) is 16.2. The van der Waals surface area contributed by atoms with Gasteiger partial charge in [0.15, 0.2) is 0 Å². The minimum Gasteiger partial charge on any atom is -0.312 e. The molecule has 0 spiro atoms. The van der Waals surface area contributed by atoms with Crippen molar-refractivity contribution in [2.75, 3.05) is 19.6 Å². The number of nitrogens with one attached hydrogen (secondary N) is 1. The van der Waals surface area contributed by atoms with Crippen molar-refractivity contribution in [1.29, 1.82) is 0 Å². The van der Waals surface area contributed by atoms with Gasteiger partial charge in [-0.25, -0.2) is 0 Å². The number of likely N-dealkylation sites (tertiary alicyclic amines) is 1. The van der Waals surface area contributed by atoms with Gasteiger partial charge in [-0.05, 0) is 63.3 Å². The highest BCUT2D eigenvalue weighted by molar-refractivity contribution is 4.87. The van der Waals surface area contributed by atoms with Gasteiger partial charge in [-0.2, -0.15) is 0 Å². The van der Waals surface area contributed by atoms with Crippen LogP contribution in [0.5, 0.6) is 0 Å². The average molecular weight is 309 g/mol. The molecule has 0 amide bonds. The number of rotatable bonds is 5. The van der Waals surface area contributed by atoms with Gasteiger partial charge in [-0.3, -0.25) is 4.90 Å². The molecule has 2 atom stereocenters. The van der Waals surface area contributed by atoms with E-state index in [1.165, 1.54) is 64.6 Å². The first-order chi connectivity index (χ1) is 10.3. The van der Waals surface area contributed by atoms with Gasteiger partial charge in [0.05, 0.1) is 0 Å². The summed E-state index contributed by atoms with van der Waals surface area (Å²) in [6.07, 6.45) is 10.0.